The molecule has 26 heavy (non-hydrogen) atoms. The molecule has 142 valence electrons. The monoisotopic (exact) mass is 395 g/mol. The number of benzene rings is 2. The third-order valence-electron chi connectivity index (χ3n) is 4.61. The Morgan fingerprint density at radius 1 is 0.846 bits per heavy atom. The topological polar surface area (TPSA) is 49.6 Å². The third kappa shape index (κ3) is 5.21. The molecule has 0 spiro atoms. The Labute approximate surface area is 168 Å². The molecule has 1 atom stereocenters. The zero-order chi connectivity index (χ0) is 16.9. The summed E-state index contributed by atoms with van der Waals surface area (Å²) in [6, 6.07) is 20.9. The van der Waals surface area contributed by atoms with Crippen molar-refractivity contribution in [1.29, 1.82) is 0 Å². The van der Waals surface area contributed by atoms with E-state index < -0.39 is 6.04 Å². The summed E-state index contributed by atoms with van der Waals surface area (Å²) in [5.41, 5.74) is 8.31. The largest absolute Gasteiger partial charge is 0.339 e. The molecule has 1 fully saturated rings. The fourth-order valence-corrected chi connectivity index (χ4v) is 3.37. The number of carbonyl (C=O) groups excluding carboxylic acids is 1. The summed E-state index contributed by atoms with van der Waals surface area (Å²) in [5, 5.41) is 0. The molecule has 1 heterocycles. The summed E-state index contributed by atoms with van der Waals surface area (Å²) < 4.78 is 0. The standard InChI is InChI=1S/C20H25N3O.2ClH/c1-16(21)20(24)23-14-12-22(13-15-23)19(17-8-4-2-5-9-17)18-10-6-3-7-11-18;;/h2-11,16,19H,12-15,21H2,1H3;2*1H/t16-;;/m1../s1. The highest BCUT2D eigenvalue weighted by Crippen LogP contribution is 2.29. The average molecular weight is 396 g/mol. The van der Waals surface area contributed by atoms with Crippen LogP contribution in [0.15, 0.2) is 60.7 Å². The van der Waals surface area contributed by atoms with Crippen LogP contribution >= 0.6 is 24.8 Å². The molecule has 1 aliphatic rings. The Bertz CT molecular complexity index is 620. The van der Waals surface area contributed by atoms with Crippen molar-refractivity contribution in [2.45, 2.75) is 19.0 Å². The Hall–Kier alpha value is -1.59. The van der Waals surface area contributed by atoms with E-state index in [-0.39, 0.29) is 36.8 Å². The van der Waals surface area contributed by atoms with Crippen LogP contribution in [0.4, 0.5) is 0 Å². The van der Waals surface area contributed by atoms with Crippen LogP contribution in [0.25, 0.3) is 0 Å². The lowest BCUT2D eigenvalue weighted by atomic mass is 9.96. The Balaban J connectivity index is 0.00000169. The Kier molecular flexibility index (Phi) is 9.09. The molecule has 4 nitrogen and oxygen atoms in total. The molecular formula is C20H27Cl2N3O. The number of amides is 1. The van der Waals surface area contributed by atoms with Crippen LogP contribution in [-0.4, -0.2) is 47.9 Å². The van der Waals surface area contributed by atoms with E-state index in [0.29, 0.717) is 0 Å². The fourth-order valence-electron chi connectivity index (χ4n) is 3.37. The van der Waals surface area contributed by atoms with Gasteiger partial charge in [-0.15, -0.1) is 24.8 Å². The van der Waals surface area contributed by atoms with E-state index in [0.717, 1.165) is 26.2 Å². The van der Waals surface area contributed by atoms with Crippen LogP contribution < -0.4 is 5.73 Å². The third-order valence-corrected chi connectivity index (χ3v) is 4.61. The fraction of sp³-hybridized carbons (Fsp3) is 0.350. The van der Waals surface area contributed by atoms with Gasteiger partial charge in [0.2, 0.25) is 5.91 Å². The maximum atomic E-state index is 12.1. The van der Waals surface area contributed by atoms with Crippen LogP contribution in [-0.2, 0) is 4.79 Å². The van der Waals surface area contributed by atoms with Gasteiger partial charge in [-0.3, -0.25) is 9.69 Å². The molecule has 2 aromatic rings. The number of piperazine rings is 1. The summed E-state index contributed by atoms with van der Waals surface area (Å²) in [7, 11) is 0. The number of rotatable bonds is 4. The lowest BCUT2D eigenvalue weighted by Crippen LogP contribution is -2.53. The van der Waals surface area contributed by atoms with Gasteiger partial charge in [0.05, 0.1) is 12.1 Å². The van der Waals surface area contributed by atoms with Gasteiger partial charge in [-0.25, -0.2) is 0 Å². The van der Waals surface area contributed by atoms with Crippen LogP contribution in [0.2, 0.25) is 0 Å². The van der Waals surface area contributed by atoms with E-state index in [1.165, 1.54) is 11.1 Å². The minimum atomic E-state index is -0.421. The second kappa shape index (κ2) is 10.5. The predicted octanol–water partition coefficient (Wildman–Crippen LogP) is 3.11. The van der Waals surface area contributed by atoms with Gasteiger partial charge in [0, 0.05) is 26.2 Å². The van der Waals surface area contributed by atoms with E-state index in [2.05, 4.69) is 53.4 Å². The van der Waals surface area contributed by atoms with Gasteiger partial charge >= 0.3 is 0 Å². The van der Waals surface area contributed by atoms with Crippen molar-refractivity contribution >= 4 is 30.7 Å². The van der Waals surface area contributed by atoms with Crippen molar-refractivity contribution in [3.8, 4) is 0 Å². The predicted molar refractivity (Wildman–Crippen MR) is 111 cm³/mol. The summed E-state index contributed by atoms with van der Waals surface area (Å²) >= 11 is 0. The lowest BCUT2D eigenvalue weighted by Gasteiger charge is -2.40. The van der Waals surface area contributed by atoms with Crippen molar-refractivity contribution in [2.24, 2.45) is 5.73 Å². The highest BCUT2D eigenvalue weighted by atomic mass is 35.5. The minimum Gasteiger partial charge on any atom is -0.339 e. The van der Waals surface area contributed by atoms with Crippen LogP contribution in [0.3, 0.4) is 0 Å². The number of carbonyl (C=O) groups is 1. The van der Waals surface area contributed by atoms with E-state index >= 15 is 0 Å². The highest BCUT2D eigenvalue weighted by molar-refractivity contribution is 5.85. The van der Waals surface area contributed by atoms with Crippen LogP contribution in [0, 0.1) is 0 Å². The summed E-state index contributed by atoms with van der Waals surface area (Å²) in [5.74, 6) is 0.0469. The quantitative estimate of drug-likeness (QED) is 0.864. The second-order valence-corrected chi connectivity index (χ2v) is 6.37. The first-order valence-electron chi connectivity index (χ1n) is 8.55. The van der Waals surface area contributed by atoms with Crippen molar-refractivity contribution in [3.05, 3.63) is 71.8 Å². The smallest absolute Gasteiger partial charge is 0.239 e. The number of nitrogens with two attached hydrogens (primary N) is 1. The van der Waals surface area contributed by atoms with E-state index in [9.17, 15) is 4.79 Å². The highest BCUT2D eigenvalue weighted by Gasteiger charge is 2.28. The van der Waals surface area contributed by atoms with Crippen LogP contribution in [0.1, 0.15) is 24.1 Å². The molecule has 2 aromatic carbocycles. The average Bonchev–Trinajstić information content (AvgIpc) is 2.64. The zero-order valence-corrected chi connectivity index (χ0v) is 16.6. The molecule has 0 aromatic heterocycles. The molecular weight excluding hydrogens is 369 g/mol. The lowest BCUT2D eigenvalue weighted by molar-refractivity contribution is -0.134. The molecule has 6 heteroatoms. The molecule has 1 amide bonds. The maximum Gasteiger partial charge on any atom is 0.239 e. The number of hydrogen-bond acceptors (Lipinski definition) is 3. The van der Waals surface area contributed by atoms with Gasteiger partial charge in [-0.2, -0.15) is 0 Å². The van der Waals surface area contributed by atoms with Gasteiger partial charge in [-0.05, 0) is 18.1 Å². The van der Waals surface area contributed by atoms with Gasteiger partial charge in [0.15, 0.2) is 0 Å². The Morgan fingerprint density at radius 2 is 1.27 bits per heavy atom. The van der Waals surface area contributed by atoms with Crippen molar-refractivity contribution < 1.29 is 4.79 Å². The number of nitrogens with zero attached hydrogens (tertiary/aromatic N) is 2. The van der Waals surface area contributed by atoms with Gasteiger partial charge in [0.25, 0.3) is 0 Å². The molecule has 2 N–H and O–H groups in total. The molecule has 1 saturated heterocycles. The summed E-state index contributed by atoms with van der Waals surface area (Å²) in [6.45, 7) is 4.93. The van der Waals surface area contributed by atoms with Crippen molar-refractivity contribution in [3.63, 3.8) is 0 Å². The molecule has 0 bridgehead atoms. The first kappa shape index (κ1) is 22.5. The number of hydrogen-bond donors (Lipinski definition) is 1. The molecule has 0 radical (unpaired) electrons. The van der Waals surface area contributed by atoms with Crippen LogP contribution in [0.5, 0.6) is 0 Å². The van der Waals surface area contributed by atoms with Crippen molar-refractivity contribution in [1.82, 2.24) is 9.80 Å². The van der Waals surface area contributed by atoms with E-state index in [1.807, 2.05) is 17.0 Å². The normalized spacial score (nSPS) is 15.7. The molecule has 0 aliphatic carbocycles. The molecule has 1 aliphatic heterocycles. The zero-order valence-electron chi connectivity index (χ0n) is 15.0. The van der Waals surface area contributed by atoms with E-state index in [1.54, 1.807) is 6.92 Å². The second-order valence-electron chi connectivity index (χ2n) is 6.37. The van der Waals surface area contributed by atoms with Gasteiger partial charge in [0.1, 0.15) is 0 Å². The Morgan fingerprint density at radius 3 is 1.65 bits per heavy atom. The molecule has 0 saturated carbocycles. The first-order chi connectivity index (χ1) is 11.7. The van der Waals surface area contributed by atoms with E-state index in [4.69, 9.17) is 5.73 Å². The van der Waals surface area contributed by atoms with Gasteiger partial charge in [-0.1, -0.05) is 60.7 Å². The molecule has 0 unspecified atom stereocenters. The summed E-state index contributed by atoms with van der Waals surface area (Å²) in [6.07, 6.45) is 0. The first-order valence-corrected chi connectivity index (χ1v) is 8.55. The minimum absolute atomic E-state index is 0. The summed E-state index contributed by atoms with van der Waals surface area (Å²) in [4.78, 5) is 16.4. The van der Waals surface area contributed by atoms with Crippen molar-refractivity contribution in [2.75, 3.05) is 26.2 Å². The van der Waals surface area contributed by atoms with Gasteiger partial charge < -0.3 is 10.6 Å². The molecule has 3 rings (SSSR count). The SMILES string of the molecule is C[C@@H](N)C(=O)N1CCN(C(c2ccccc2)c2ccccc2)CC1.Cl.Cl. The maximum absolute atomic E-state index is 12.1. The number of halogens is 2.